The largest absolute Gasteiger partial charge is 0.450 e. The molecule has 0 heterocycles. The van der Waals surface area contributed by atoms with Crippen molar-refractivity contribution in [1.29, 1.82) is 0 Å². The molecule has 0 aliphatic carbocycles. The average molecular weight is 265 g/mol. The number of amides is 1. The van der Waals surface area contributed by atoms with E-state index in [4.69, 9.17) is 9.47 Å². The van der Waals surface area contributed by atoms with E-state index in [9.17, 15) is 9.59 Å². The maximum absolute atomic E-state index is 12.0. The first-order chi connectivity index (χ1) is 8.97. The van der Waals surface area contributed by atoms with Gasteiger partial charge in [0.25, 0.3) is 5.91 Å². The lowest BCUT2D eigenvalue weighted by Gasteiger charge is -2.20. The van der Waals surface area contributed by atoms with Crippen molar-refractivity contribution in [1.82, 2.24) is 4.90 Å². The van der Waals surface area contributed by atoms with Gasteiger partial charge in [0.2, 0.25) is 0 Å². The number of carbonyl (C=O) groups excluding carboxylic acids is 2. The Kier molecular flexibility index (Phi) is 5.51. The molecule has 2 atom stereocenters. The van der Waals surface area contributed by atoms with E-state index in [1.165, 1.54) is 18.9 Å². The number of likely N-dealkylation sites (N-methyl/N-ethyl adjacent to an activating group) is 1. The van der Waals surface area contributed by atoms with Crippen molar-refractivity contribution in [2.45, 2.75) is 19.1 Å². The second kappa shape index (κ2) is 6.89. The molecular formula is C14H19NO4. The molecule has 0 spiro atoms. The van der Waals surface area contributed by atoms with Crippen LogP contribution in [0.1, 0.15) is 18.6 Å². The minimum Gasteiger partial charge on any atom is -0.450 e. The molecule has 0 fully saturated rings. The highest BCUT2D eigenvalue weighted by molar-refractivity contribution is 5.84. The van der Waals surface area contributed by atoms with Crippen LogP contribution >= 0.6 is 0 Å². The topological polar surface area (TPSA) is 55.8 Å². The zero-order chi connectivity index (χ0) is 14.4. The third-order valence-electron chi connectivity index (χ3n) is 2.63. The van der Waals surface area contributed by atoms with E-state index in [0.717, 1.165) is 0 Å². The summed E-state index contributed by atoms with van der Waals surface area (Å²) in [5.41, 5.74) is 0.694. The van der Waals surface area contributed by atoms with Gasteiger partial charge in [-0.25, -0.2) is 4.79 Å². The maximum Gasteiger partial charge on any atom is 0.340 e. The Morgan fingerprint density at radius 1 is 1.16 bits per heavy atom. The van der Waals surface area contributed by atoms with Gasteiger partial charge >= 0.3 is 5.97 Å². The van der Waals surface area contributed by atoms with Gasteiger partial charge in [0.15, 0.2) is 12.2 Å². The summed E-state index contributed by atoms with van der Waals surface area (Å²) in [6.45, 7) is 1.54. The van der Waals surface area contributed by atoms with E-state index >= 15 is 0 Å². The van der Waals surface area contributed by atoms with Gasteiger partial charge in [0.05, 0.1) is 0 Å². The fourth-order valence-corrected chi connectivity index (χ4v) is 1.65. The van der Waals surface area contributed by atoms with Gasteiger partial charge in [0.1, 0.15) is 0 Å². The summed E-state index contributed by atoms with van der Waals surface area (Å²) in [4.78, 5) is 25.0. The van der Waals surface area contributed by atoms with Gasteiger partial charge in [-0.1, -0.05) is 30.3 Å². The molecule has 0 bridgehead atoms. The standard InChI is InChI=1S/C14H19NO4/c1-10(13(16)15(2)3)19-14(17)12(18-4)11-8-6-5-7-9-11/h5-10,12H,1-4H3. The second-order valence-electron chi connectivity index (χ2n) is 4.34. The van der Waals surface area contributed by atoms with Crippen molar-refractivity contribution >= 4 is 11.9 Å². The maximum atomic E-state index is 12.0. The molecule has 0 N–H and O–H groups in total. The van der Waals surface area contributed by atoms with Gasteiger partial charge in [0, 0.05) is 21.2 Å². The molecular weight excluding hydrogens is 246 g/mol. The monoisotopic (exact) mass is 265 g/mol. The van der Waals surface area contributed by atoms with Crippen LogP contribution in [0.15, 0.2) is 30.3 Å². The van der Waals surface area contributed by atoms with Crippen molar-refractivity contribution in [2.75, 3.05) is 21.2 Å². The van der Waals surface area contributed by atoms with Crippen molar-refractivity contribution in [3.63, 3.8) is 0 Å². The molecule has 5 nitrogen and oxygen atoms in total. The van der Waals surface area contributed by atoms with Crippen molar-refractivity contribution < 1.29 is 19.1 Å². The molecule has 0 aliphatic rings. The number of benzene rings is 1. The lowest BCUT2D eigenvalue weighted by Crippen LogP contribution is -2.36. The van der Waals surface area contributed by atoms with E-state index in [0.29, 0.717) is 5.56 Å². The number of esters is 1. The Morgan fingerprint density at radius 2 is 1.74 bits per heavy atom. The third-order valence-corrected chi connectivity index (χ3v) is 2.63. The minimum atomic E-state index is -0.830. The molecule has 2 unspecified atom stereocenters. The van der Waals surface area contributed by atoms with E-state index in [2.05, 4.69) is 0 Å². The highest BCUT2D eigenvalue weighted by Crippen LogP contribution is 2.18. The number of methoxy groups -OCH3 is 1. The number of ether oxygens (including phenoxy) is 2. The number of nitrogens with zero attached hydrogens (tertiary/aromatic N) is 1. The van der Waals surface area contributed by atoms with Crippen molar-refractivity contribution in [3.05, 3.63) is 35.9 Å². The number of carbonyl (C=O) groups is 2. The Balaban J connectivity index is 2.73. The van der Waals surface area contributed by atoms with Crippen LogP contribution in [0.25, 0.3) is 0 Å². The summed E-state index contributed by atoms with van der Waals surface area (Å²) in [7, 11) is 4.65. The van der Waals surface area contributed by atoms with E-state index in [-0.39, 0.29) is 5.91 Å². The highest BCUT2D eigenvalue weighted by atomic mass is 16.6. The molecule has 0 radical (unpaired) electrons. The van der Waals surface area contributed by atoms with Crippen LogP contribution in [0.5, 0.6) is 0 Å². The average Bonchev–Trinajstić information content (AvgIpc) is 2.39. The Hall–Kier alpha value is -1.88. The van der Waals surface area contributed by atoms with E-state index < -0.39 is 18.2 Å². The first-order valence-electron chi connectivity index (χ1n) is 5.96. The van der Waals surface area contributed by atoms with Gasteiger partial charge in [-0.2, -0.15) is 0 Å². The number of rotatable bonds is 5. The predicted molar refractivity (Wildman–Crippen MR) is 70.4 cm³/mol. The summed E-state index contributed by atoms with van der Waals surface area (Å²) in [6, 6.07) is 9.01. The van der Waals surface area contributed by atoms with Gasteiger partial charge in [-0.3, -0.25) is 4.79 Å². The molecule has 104 valence electrons. The molecule has 1 aromatic carbocycles. The van der Waals surface area contributed by atoms with Crippen molar-refractivity contribution in [2.24, 2.45) is 0 Å². The summed E-state index contributed by atoms with van der Waals surface area (Å²) < 4.78 is 10.3. The van der Waals surface area contributed by atoms with Crippen LogP contribution in [0.4, 0.5) is 0 Å². The van der Waals surface area contributed by atoms with Gasteiger partial charge in [-0.05, 0) is 12.5 Å². The van der Waals surface area contributed by atoms with Crippen LogP contribution in [0.2, 0.25) is 0 Å². The third kappa shape index (κ3) is 4.06. The minimum absolute atomic E-state index is 0.267. The predicted octanol–water partition coefficient (Wildman–Crippen LogP) is 1.39. The van der Waals surface area contributed by atoms with Gasteiger partial charge < -0.3 is 14.4 Å². The fraction of sp³-hybridized carbons (Fsp3) is 0.429. The fourth-order valence-electron chi connectivity index (χ4n) is 1.65. The molecule has 1 amide bonds. The number of hydrogen-bond donors (Lipinski definition) is 0. The smallest absolute Gasteiger partial charge is 0.340 e. The van der Waals surface area contributed by atoms with Crippen LogP contribution in [-0.2, 0) is 19.1 Å². The summed E-state index contributed by atoms with van der Waals surface area (Å²) in [6.07, 6.45) is -1.65. The molecule has 1 rings (SSSR count). The lowest BCUT2D eigenvalue weighted by molar-refractivity contribution is -0.167. The molecule has 5 heteroatoms. The molecule has 0 aliphatic heterocycles. The zero-order valence-corrected chi connectivity index (χ0v) is 11.6. The van der Waals surface area contributed by atoms with E-state index in [1.54, 1.807) is 26.2 Å². The highest BCUT2D eigenvalue weighted by Gasteiger charge is 2.26. The van der Waals surface area contributed by atoms with E-state index in [1.807, 2.05) is 18.2 Å². The van der Waals surface area contributed by atoms with Crippen LogP contribution in [0.3, 0.4) is 0 Å². The van der Waals surface area contributed by atoms with Crippen LogP contribution in [-0.4, -0.2) is 44.1 Å². The van der Waals surface area contributed by atoms with Crippen molar-refractivity contribution in [3.8, 4) is 0 Å². The molecule has 19 heavy (non-hydrogen) atoms. The summed E-state index contributed by atoms with van der Waals surface area (Å²) in [5.74, 6) is -0.840. The first kappa shape index (κ1) is 15.2. The Morgan fingerprint density at radius 3 is 2.21 bits per heavy atom. The van der Waals surface area contributed by atoms with Crippen LogP contribution < -0.4 is 0 Å². The summed E-state index contributed by atoms with van der Waals surface area (Å²) in [5, 5.41) is 0. The molecule has 0 saturated heterocycles. The quantitative estimate of drug-likeness (QED) is 0.755. The molecule has 1 aromatic rings. The lowest BCUT2D eigenvalue weighted by atomic mass is 10.1. The normalized spacial score (nSPS) is 13.5. The first-order valence-corrected chi connectivity index (χ1v) is 5.96. The zero-order valence-electron chi connectivity index (χ0n) is 11.6. The Bertz CT molecular complexity index is 430. The SMILES string of the molecule is COC(C(=O)OC(C)C(=O)N(C)C)c1ccccc1. The molecule has 0 aromatic heterocycles. The molecule has 0 saturated carbocycles. The van der Waals surface area contributed by atoms with Gasteiger partial charge in [-0.15, -0.1) is 0 Å². The Labute approximate surface area is 113 Å². The summed E-state index contributed by atoms with van der Waals surface area (Å²) >= 11 is 0. The number of hydrogen-bond acceptors (Lipinski definition) is 4. The van der Waals surface area contributed by atoms with Crippen LogP contribution in [0, 0.1) is 0 Å². The second-order valence-corrected chi connectivity index (χ2v) is 4.34.